The zero-order chi connectivity index (χ0) is 49.8. The average molecular weight is 975 g/mol. The molecule has 0 bridgehead atoms. The molecular formula is C70H42N2O4. The molecule has 0 aliphatic heterocycles. The van der Waals surface area contributed by atoms with Gasteiger partial charge in [-0.05, 0) is 107 Å². The summed E-state index contributed by atoms with van der Waals surface area (Å²) in [5.74, 6) is 0. The molecule has 0 aliphatic rings. The smallest absolute Gasteiger partial charge is 0.159 e. The van der Waals surface area contributed by atoms with Gasteiger partial charge in [-0.2, -0.15) is 0 Å². The van der Waals surface area contributed by atoms with Crippen LogP contribution in [0.25, 0.3) is 121 Å². The quantitative estimate of drug-likeness (QED) is 0.151. The number of nitrogens with zero attached hydrogens (tertiary/aromatic N) is 2. The molecule has 6 nitrogen and oxygen atoms in total. The number of anilines is 6. The second-order valence-corrected chi connectivity index (χ2v) is 19.5. The van der Waals surface area contributed by atoms with Gasteiger partial charge >= 0.3 is 0 Å². The lowest BCUT2D eigenvalue weighted by Gasteiger charge is -2.25. The standard InChI is InChI=1S/C70H42N2O4/c1-5-19-43(20-6-1)55-41-63-66(54-38-36-48(40-62(54)73-63)72(46-25-11-4-12-26-46)58-32-18-30-52-50-28-14-16-34-60(50)76-70(52)58)68-56(44-21-7-2-8-22-44)42-64-65(67(55)68)53-37-35-47(39-61(53)74-64)71(45-23-9-3-10-24-45)57-31-17-29-51-49-27-13-15-33-59(49)75-69(51)57/h1-42H. The van der Waals surface area contributed by atoms with E-state index < -0.39 is 0 Å². The fraction of sp³-hybridized carbons (Fsp3) is 0. The molecule has 0 atom stereocenters. The van der Waals surface area contributed by atoms with Gasteiger partial charge in [0, 0.05) is 77.4 Å². The number of fused-ring (bicyclic) bond motifs is 15. The van der Waals surface area contributed by atoms with Crippen molar-refractivity contribution in [3.05, 3.63) is 255 Å². The van der Waals surface area contributed by atoms with Crippen LogP contribution in [-0.2, 0) is 0 Å². The predicted molar refractivity (Wildman–Crippen MR) is 313 cm³/mol. The first-order chi connectivity index (χ1) is 37.7. The minimum atomic E-state index is 0.776. The summed E-state index contributed by atoms with van der Waals surface area (Å²) in [6.07, 6.45) is 0. The van der Waals surface area contributed by atoms with Crippen LogP contribution in [0.5, 0.6) is 0 Å². The van der Waals surface area contributed by atoms with Crippen LogP contribution in [0.15, 0.2) is 272 Å². The van der Waals surface area contributed by atoms with Crippen molar-refractivity contribution in [2.24, 2.45) is 0 Å². The Morgan fingerprint density at radius 3 is 1.04 bits per heavy atom. The summed E-state index contributed by atoms with van der Waals surface area (Å²) in [6, 6.07) is 89.3. The highest BCUT2D eigenvalue weighted by molar-refractivity contribution is 6.35. The van der Waals surface area contributed by atoms with E-state index in [4.69, 9.17) is 17.7 Å². The molecule has 0 fully saturated rings. The monoisotopic (exact) mass is 974 g/mol. The average Bonchev–Trinajstić information content (AvgIpc) is 4.35. The van der Waals surface area contributed by atoms with E-state index in [0.717, 1.165) is 155 Å². The molecular weight excluding hydrogens is 933 g/mol. The van der Waals surface area contributed by atoms with Crippen LogP contribution in [0.4, 0.5) is 34.1 Å². The van der Waals surface area contributed by atoms with Crippen LogP contribution in [-0.4, -0.2) is 0 Å². The molecule has 0 spiro atoms. The van der Waals surface area contributed by atoms with Crippen molar-refractivity contribution >= 4 is 133 Å². The number of hydrogen-bond acceptors (Lipinski definition) is 6. The molecule has 356 valence electrons. The highest BCUT2D eigenvalue weighted by Crippen LogP contribution is 2.52. The summed E-state index contributed by atoms with van der Waals surface area (Å²) < 4.78 is 27.7. The maximum atomic E-state index is 7.18. The lowest BCUT2D eigenvalue weighted by molar-refractivity contribution is 0.667. The summed E-state index contributed by atoms with van der Waals surface area (Å²) >= 11 is 0. The Morgan fingerprint density at radius 2 is 0.605 bits per heavy atom. The van der Waals surface area contributed by atoms with E-state index in [1.165, 1.54) is 0 Å². The van der Waals surface area contributed by atoms with Crippen LogP contribution >= 0.6 is 0 Å². The molecule has 76 heavy (non-hydrogen) atoms. The molecule has 4 heterocycles. The van der Waals surface area contributed by atoms with Crippen LogP contribution in [0.1, 0.15) is 0 Å². The highest BCUT2D eigenvalue weighted by Gasteiger charge is 2.27. The zero-order valence-electron chi connectivity index (χ0n) is 40.8. The maximum Gasteiger partial charge on any atom is 0.159 e. The van der Waals surface area contributed by atoms with Gasteiger partial charge < -0.3 is 27.5 Å². The molecule has 0 saturated heterocycles. The lowest BCUT2D eigenvalue weighted by Crippen LogP contribution is -2.10. The van der Waals surface area contributed by atoms with E-state index in [0.29, 0.717) is 0 Å². The topological polar surface area (TPSA) is 59.0 Å². The van der Waals surface area contributed by atoms with E-state index in [2.05, 4.69) is 240 Å². The summed E-state index contributed by atoms with van der Waals surface area (Å²) in [5.41, 5.74) is 16.6. The van der Waals surface area contributed by atoms with Crippen molar-refractivity contribution in [3.63, 3.8) is 0 Å². The number of hydrogen-bond donors (Lipinski definition) is 0. The molecule has 4 aromatic heterocycles. The van der Waals surface area contributed by atoms with Gasteiger partial charge in [0.05, 0.1) is 22.7 Å². The minimum absolute atomic E-state index is 0.776. The van der Waals surface area contributed by atoms with Crippen LogP contribution in [0, 0.1) is 0 Å². The second kappa shape index (κ2) is 16.6. The Balaban J connectivity index is 0.958. The molecule has 0 aliphatic carbocycles. The fourth-order valence-electron chi connectivity index (χ4n) is 11.9. The second-order valence-electron chi connectivity index (χ2n) is 19.5. The van der Waals surface area contributed by atoms with E-state index in [1.54, 1.807) is 0 Å². The van der Waals surface area contributed by atoms with Crippen molar-refractivity contribution in [1.82, 2.24) is 0 Å². The Morgan fingerprint density at radius 1 is 0.224 bits per heavy atom. The Bertz CT molecular complexity index is 4620. The van der Waals surface area contributed by atoms with E-state index >= 15 is 0 Å². The van der Waals surface area contributed by atoms with Crippen molar-refractivity contribution in [1.29, 1.82) is 0 Å². The van der Waals surface area contributed by atoms with Crippen LogP contribution in [0.2, 0.25) is 0 Å². The van der Waals surface area contributed by atoms with Gasteiger partial charge in [-0.1, -0.05) is 158 Å². The molecule has 16 rings (SSSR count). The molecule has 0 N–H and O–H groups in total. The van der Waals surface area contributed by atoms with Gasteiger partial charge in [0.15, 0.2) is 11.2 Å². The molecule has 0 saturated carbocycles. The Labute approximate surface area is 435 Å². The lowest BCUT2D eigenvalue weighted by atomic mass is 9.87. The number of benzene rings is 12. The highest BCUT2D eigenvalue weighted by atomic mass is 16.3. The summed E-state index contributed by atoms with van der Waals surface area (Å²) in [5, 5.41) is 10.6. The van der Waals surface area contributed by atoms with Crippen molar-refractivity contribution in [3.8, 4) is 22.3 Å². The van der Waals surface area contributed by atoms with Crippen molar-refractivity contribution in [2.75, 3.05) is 9.80 Å². The van der Waals surface area contributed by atoms with E-state index in [9.17, 15) is 0 Å². The Hall–Kier alpha value is -10.3. The number of para-hydroxylation sites is 6. The van der Waals surface area contributed by atoms with Crippen molar-refractivity contribution < 1.29 is 17.7 Å². The maximum absolute atomic E-state index is 7.18. The first kappa shape index (κ1) is 42.2. The molecule has 16 aromatic rings. The largest absolute Gasteiger partial charge is 0.456 e. The zero-order valence-corrected chi connectivity index (χ0v) is 40.8. The normalized spacial score (nSPS) is 11.9. The van der Waals surface area contributed by atoms with Crippen molar-refractivity contribution in [2.45, 2.75) is 0 Å². The third kappa shape index (κ3) is 6.41. The first-order valence-electron chi connectivity index (χ1n) is 25.6. The van der Waals surface area contributed by atoms with Gasteiger partial charge in [0.2, 0.25) is 0 Å². The predicted octanol–water partition coefficient (Wildman–Crippen LogP) is 20.7. The van der Waals surface area contributed by atoms with Crippen LogP contribution < -0.4 is 9.80 Å². The van der Waals surface area contributed by atoms with E-state index in [-0.39, 0.29) is 0 Å². The third-order valence-electron chi connectivity index (χ3n) is 15.2. The molecule has 0 amide bonds. The molecule has 12 aromatic carbocycles. The van der Waals surface area contributed by atoms with Gasteiger partial charge in [-0.15, -0.1) is 0 Å². The third-order valence-corrected chi connectivity index (χ3v) is 15.2. The molecule has 0 unspecified atom stereocenters. The summed E-state index contributed by atoms with van der Waals surface area (Å²) in [4.78, 5) is 4.54. The number of rotatable bonds is 8. The van der Waals surface area contributed by atoms with Gasteiger partial charge in [0.1, 0.15) is 33.5 Å². The molecule has 0 radical (unpaired) electrons. The molecule has 6 heteroatoms. The minimum Gasteiger partial charge on any atom is -0.456 e. The number of furan rings is 4. The van der Waals surface area contributed by atoms with Crippen LogP contribution in [0.3, 0.4) is 0 Å². The summed E-state index contributed by atoms with van der Waals surface area (Å²) in [6.45, 7) is 0. The van der Waals surface area contributed by atoms with E-state index in [1.807, 2.05) is 24.3 Å². The first-order valence-corrected chi connectivity index (χ1v) is 25.6. The Kier molecular flexibility index (Phi) is 9.23. The van der Waals surface area contributed by atoms with Gasteiger partial charge in [-0.3, -0.25) is 0 Å². The van der Waals surface area contributed by atoms with Gasteiger partial charge in [0.25, 0.3) is 0 Å². The summed E-state index contributed by atoms with van der Waals surface area (Å²) in [7, 11) is 0. The fourth-order valence-corrected chi connectivity index (χ4v) is 11.9. The SMILES string of the molecule is c1ccc(-c2cc3oc4cc(N(c5ccccc5)c5cccc6c5oc5ccccc56)ccc4c3c3c(-c4ccccc4)cc4oc5cc(N(c6ccccc6)c6cccc7c6oc6ccccc67)ccc5c4c23)cc1. The van der Waals surface area contributed by atoms with Gasteiger partial charge in [-0.25, -0.2) is 0 Å².